The van der Waals surface area contributed by atoms with Crippen LogP contribution in [0.3, 0.4) is 0 Å². The van der Waals surface area contributed by atoms with Gasteiger partial charge in [-0.15, -0.1) is 0 Å². The molecule has 6 heteroatoms. The molecule has 0 aliphatic heterocycles. The molecule has 1 heterocycles. The first-order chi connectivity index (χ1) is 15.9. The standard InChI is InChI=1S/C27H28N2O3S/c1-17(2)32-20-9-7-19(8-10-20)16-28-27(30)25-26(33-22-12-5-18(3)6-13-22)23-14-11-21(31-4)15-24(23)29-25/h5-15,17,29H,16H2,1-4H3,(H,28,30). The summed E-state index contributed by atoms with van der Waals surface area (Å²) in [5.74, 6) is 1.41. The van der Waals surface area contributed by atoms with Crippen LogP contribution in [0, 0.1) is 6.92 Å². The van der Waals surface area contributed by atoms with Crippen molar-refractivity contribution in [3.8, 4) is 11.5 Å². The number of carbonyl (C=O) groups is 1. The summed E-state index contributed by atoms with van der Waals surface area (Å²) in [6.07, 6.45) is 0.126. The number of H-pyrrole nitrogens is 1. The molecule has 0 aliphatic rings. The topological polar surface area (TPSA) is 63.4 Å². The van der Waals surface area contributed by atoms with Gasteiger partial charge in [-0.3, -0.25) is 4.79 Å². The predicted molar refractivity (Wildman–Crippen MR) is 134 cm³/mol. The SMILES string of the molecule is COc1ccc2c(Sc3ccc(C)cc3)c(C(=O)NCc3ccc(OC(C)C)cc3)[nH]c2c1. The van der Waals surface area contributed by atoms with Gasteiger partial charge < -0.3 is 19.8 Å². The van der Waals surface area contributed by atoms with E-state index in [2.05, 4.69) is 41.5 Å². The van der Waals surface area contributed by atoms with Crippen LogP contribution in [0.5, 0.6) is 11.5 Å². The van der Waals surface area contributed by atoms with Crippen LogP contribution < -0.4 is 14.8 Å². The zero-order chi connectivity index (χ0) is 23.4. The van der Waals surface area contributed by atoms with Crippen molar-refractivity contribution in [3.05, 3.63) is 83.6 Å². The second-order valence-corrected chi connectivity index (χ2v) is 9.23. The highest BCUT2D eigenvalue weighted by Gasteiger charge is 2.19. The van der Waals surface area contributed by atoms with Crippen LogP contribution in [0.15, 0.2) is 76.5 Å². The molecule has 0 atom stereocenters. The van der Waals surface area contributed by atoms with Crippen molar-refractivity contribution in [2.45, 2.75) is 43.2 Å². The fourth-order valence-corrected chi connectivity index (χ4v) is 4.54. The molecule has 0 saturated carbocycles. The number of benzene rings is 3. The van der Waals surface area contributed by atoms with Crippen LogP contribution in [0.25, 0.3) is 10.9 Å². The average molecular weight is 461 g/mol. The number of fused-ring (bicyclic) bond motifs is 1. The summed E-state index contributed by atoms with van der Waals surface area (Å²) in [5, 5.41) is 4.03. The molecular weight excluding hydrogens is 432 g/mol. The molecule has 0 aliphatic carbocycles. The number of amides is 1. The highest BCUT2D eigenvalue weighted by molar-refractivity contribution is 7.99. The van der Waals surface area contributed by atoms with Gasteiger partial charge in [0.1, 0.15) is 17.2 Å². The molecule has 0 spiro atoms. The predicted octanol–water partition coefficient (Wildman–Crippen LogP) is 6.35. The van der Waals surface area contributed by atoms with E-state index < -0.39 is 0 Å². The number of rotatable bonds is 8. The van der Waals surface area contributed by atoms with E-state index in [9.17, 15) is 4.79 Å². The number of hydrogen-bond donors (Lipinski definition) is 2. The van der Waals surface area contributed by atoms with Crippen LogP contribution in [0.2, 0.25) is 0 Å². The van der Waals surface area contributed by atoms with E-state index in [4.69, 9.17) is 9.47 Å². The molecule has 0 unspecified atom stereocenters. The Bertz CT molecular complexity index is 1250. The maximum Gasteiger partial charge on any atom is 0.269 e. The first-order valence-electron chi connectivity index (χ1n) is 10.9. The van der Waals surface area contributed by atoms with E-state index in [1.807, 2.05) is 56.3 Å². The maximum atomic E-state index is 13.2. The highest BCUT2D eigenvalue weighted by atomic mass is 32.2. The Labute approximate surface area is 198 Å². The Hall–Kier alpha value is -3.38. The van der Waals surface area contributed by atoms with Crippen molar-refractivity contribution >= 4 is 28.6 Å². The number of carbonyl (C=O) groups excluding carboxylic acids is 1. The lowest BCUT2D eigenvalue weighted by Gasteiger charge is -2.11. The van der Waals surface area contributed by atoms with Gasteiger partial charge in [-0.05, 0) is 62.7 Å². The third kappa shape index (κ3) is 5.52. The van der Waals surface area contributed by atoms with E-state index in [-0.39, 0.29) is 12.0 Å². The lowest BCUT2D eigenvalue weighted by atomic mass is 10.2. The number of nitrogens with one attached hydrogen (secondary N) is 2. The van der Waals surface area contributed by atoms with E-state index in [1.165, 1.54) is 5.56 Å². The molecule has 0 saturated heterocycles. The largest absolute Gasteiger partial charge is 0.497 e. The van der Waals surface area contributed by atoms with Gasteiger partial charge in [-0.2, -0.15) is 0 Å². The van der Waals surface area contributed by atoms with Crippen molar-refractivity contribution < 1.29 is 14.3 Å². The van der Waals surface area contributed by atoms with E-state index in [0.29, 0.717) is 12.2 Å². The quantitative estimate of drug-likeness (QED) is 0.321. The molecular formula is C27H28N2O3S. The van der Waals surface area contributed by atoms with Crippen LogP contribution in [-0.2, 0) is 6.54 Å². The number of ether oxygens (including phenoxy) is 2. The molecule has 5 nitrogen and oxygen atoms in total. The Morgan fingerprint density at radius 2 is 1.70 bits per heavy atom. The fourth-order valence-electron chi connectivity index (χ4n) is 3.50. The van der Waals surface area contributed by atoms with Crippen molar-refractivity contribution in [1.29, 1.82) is 0 Å². The summed E-state index contributed by atoms with van der Waals surface area (Å²) in [6, 6.07) is 21.9. The molecule has 170 valence electrons. The Kier molecular flexibility index (Phi) is 6.94. The Morgan fingerprint density at radius 3 is 2.36 bits per heavy atom. The molecule has 1 aromatic heterocycles. The Balaban J connectivity index is 1.58. The summed E-state index contributed by atoms with van der Waals surface area (Å²) in [6.45, 7) is 6.48. The van der Waals surface area contributed by atoms with Gasteiger partial charge in [0.2, 0.25) is 0 Å². The number of aromatic amines is 1. The van der Waals surface area contributed by atoms with Crippen molar-refractivity contribution in [3.63, 3.8) is 0 Å². The molecule has 2 N–H and O–H groups in total. The lowest BCUT2D eigenvalue weighted by molar-refractivity contribution is 0.0944. The zero-order valence-corrected chi connectivity index (χ0v) is 20.1. The Morgan fingerprint density at radius 1 is 1.00 bits per heavy atom. The minimum atomic E-state index is -0.151. The molecule has 1 amide bonds. The minimum absolute atomic E-state index is 0.126. The number of aromatic nitrogens is 1. The third-order valence-corrected chi connectivity index (χ3v) is 6.31. The van der Waals surface area contributed by atoms with Crippen molar-refractivity contribution in [2.75, 3.05) is 7.11 Å². The normalized spacial score (nSPS) is 11.1. The van der Waals surface area contributed by atoms with E-state index in [0.717, 1.165) is 37.8 Å². The summed E-state index contributed by atoms with van der Waals surface area (Å²) in [5.41, 5.74) is 3.61. The third-order valence-electron chi connectivity index (χ3n) is 5.17. The van der Waals surface area contributed by atoms with Crippen LogP contribution in [0.4, 0.5) is 0 Å². The fraction of sp³-hybridized carbons (Fsp3) is 0.222. The maximum absolute atomic E-state index is 13.2. The number of methoxy groups -OCH3 is 1. The van der Waals surface area contributed by atoms with Gasteiger partial charge in [-0.1, -0.05) is 41.6 Å². The second kappa shape index (κ2) is 10.0. The van der Waals surface area contributed by atoms with E-state index in [1.54, 1.807) is 18.9 Å². The number of aryl methyl sites for hydroxylation is 1. The van der Waals surface area contributed by atoms with Crippen molar-refractivity contribution in [1.82, 2.24) is 10.3 Å². The van der Waals surface area contributed by atoms with Gasteiger partial charge in [0.15, 0.2) is 0 Å². The second-order valence-electron chi connectivity index (χ2n) is 8.15. The van der Waals surface area contributed by atoms with Gasteiger partial charge in [-0.25, -0.2) is 0 Å². The van der Waals surface area contributed by atoms with Gasteiger partial charge in [0.25, 0.3) is 5.91 Å². The molecule has 0 radical (unpaired) electrons. The van der Waals surface area contributed by atoms with Gasteiger partial charge >= 0.3 is 0 Å². The molecule has 33 heavy (non-hydrogen) atoms. The molecule has 4 aromatic rings. The van der Waals surface area contributed by atoms with Crippen LogP contribution in [-0.4, -0.2) is 24.1 Å². The molecule has 3 aromatic carbocycles. The summed E-state index contributed by atoms with van der Waals surface area (Å²) >= 11 is 1.58. The lowest BCUT2D eigenvalue weighted by Crippen LogP contribution is -2.23. The molecule has 0 bridgehead atoms. The van der Waals surface area contributed by atoms with Crippen molar-refractivity contribution in [2.24, 2.45) is 0 Å². The van der Waals surface area contributed by atoms with Crippen LogP contribution >= 0.6 is 11.8 Å². The summed E-state index contributed by atoms with van der Waals surface area (Å²) < 4.78 is 11.1. The smallest absolute Gasteiger partial charge is 0.269 e. The van der Waals surface area contributed by atoms with Gasteiger partial charge in [0, 0.05) is 22.9 Å². The average Bonchev–Trinajstić information content (AvgIpc) is 3.17. The minimum Gasteiger partial charge on any atom is -0.497 e. The van der Waals surface area contributed by atoms with E-state index >= 15 is 0 Å². The van der Waals surface area contributed by atoms with Gasteiger partial charge in [0.05, 0.1) is 23.6 Å². The first-order valence-corrected chi connectivity index (χ1v) is 11.7. The van der Waals surface area contributed by atoms with Crippen LogP contribution in [0.1, 0.15) is 35.5 Å². The number of hydrogen-bond acceptors (Lipinski definition) is 4. The summed E-state index contributed by atoms with van der Waals surface area (Å²) in [7, 11) is 1.64. The molecule has 4 rings (SSSR count). The first kappa shape index (κ1) is 22.8. The molecule has 0 fully saturated rings. The monoisotopic (exact) mass is 460 g/mol. The zero-order valence-electron chi connectivity index (χ0n) is 19.3. The highest BCUT2D eigenvalue weighted by Crippen LogP contribution is 2.38. The summed E-state index contributed by atoms with van der Waals surface area (Å²) in [4.78, 5) is 18.5.